The molecule has 0 aromatic rings. The van der Waals surface area contributed by atoms with E-state index in [0.29, 0.717) is 12.6 Å². The van der Waals surface area contributed by atoms with Crippen LogP contribution in [0.25, 0.3) is 0 Å². The minimum absolute atomic E-state index is 0.161. The van der Waals surface area contributed by atoms with Crippen molar-refractivity contribution in [1.82, 2.24) is 15.1 Å². The highest BCUT2D eigenvalue weighted by Crippen LogP contribution is 2.33. The summed E-state index contributed by atoms with van der Waals surface area (Å²) in [6, 6.07) is 0.324. The van der Waals surface area contributed by atoms with Gasteiger partial charge in [-0.1, -0.05) is 12.8 Å². The van der Waals surface area contributed by atoms with Gasteiger partial charge in [0.15, 0.2) is 0 Å². The van der Waals surface area contributed by atoms with Crippen molar-refractivity contribution in [2.45, 2.75) is 50.1 Å². The van der Waals surface area contributed by atoms with Crippen molar-refractivity contribution in [3.8, 4) is 0 Å². The van der Waals surface area contributed by atoms with Crippen LogP contribution in [0, 0.1) is 0 Å². The summed E-state index contributed by atoms with van der Waals surface area (Å²) < 4.78 is 0. The SMILES string of the molecule is CN(C)C1(CNC(=O)CN2CCC(N)CC2)CCCC1. The highest BCUT2D eigenvalue weighted by Gasteiger charge is 2.36. The van der Waals surface area contributed by atoms with Gasteiger partial charge in [-0.3, -0.25) is 9.69 Å². The fourth-order valence-electron chi connectivity index (χ4n) is 3.45. The van der Waals surface area contributed by atoms with E-state index in [1.165, 1.54) is 25.7 Å². The molecule has 20 heavy (non-hydrogen) atoms. The van der Waals surface area contributed by atoms with Crippen molar-refractivity contribution in [2.75, 3.05) is 40.3 Å². The molecule has 0 spiro atoms. The molecule has 1 heterocycles. The summed E-state index contributed by atoms with van der Waals surface area (Å²) in [5.41, 5.74) is 6.07. The summed E-state index contributed by atoms with van der Waals surface area (Å²) in [6.07, 6.45) is 6.96. The van der Waals surface area contributed by atoms with Gasteiger partial charge >= 0.3 is 0 Å². The van der Waals surface area contributed by atoms with E-state index < -0.39 is 0 Å². The van der Waals surface area contributed by atoms with Crippen LogP contribution < -0.4 is 11.1 Å². The molecular weight excluding hydrogens is 252 g/mol. The van der Waals surface area contributed by atoms with E-state index in [1.807, 2.05) is 0 Å². The topological polar surface area (TPSA) is 61.6 Å². The molecule has 2 rings (SSSR count). The molecule has 0 radical (unpaired) electrons. The van der Waals surface area contributed by atoms with E-state index in [9.17, 15) is 4.79 Å². The van der Waals surface area contributed by atoms with E-state index in [-0.39, 0.29) is 11.4 Å². The standard InChI is InChI=1S/C15H30N4O/c1-18(2)15(7-3-4-8-15)12-17-14(20)11-19-9-5-13(16)6-10-19/h13H,3-12,16H2,1-2H3,(H,17,20). The molecule has 1 saturated carbocycles. The number of hydrogen-bond acceptors (Lipinski definition) is 4. The van der Waals surface area contributed by atoms with Crippen LogP contribution in [0.4, 0.5) is 0 Å². The van der Waals surface area contributed by atoms with Crippen LogP contribution in [0.3, 0.4) is 0 Å². The van der Waals surface area contributed by atoms with Gasteiger partial charge in [-0.05, 0) is 39.8 Å². The molecule has 1 aliphatic heterocycles. The number of nitrogens with one attached hydrogen (secondary N) is 1. The van der Waals surface area contributed by atoms with Crippen LogP contribution in [0.15, 0.2) is 0 Å². The van der Waals surface area contributed by atoms with Gasteiger partial charge in [0.1, 0.15) is 0 Å². The molecule has 2 aliphatic rings. The van der Waals surface area contributed by atoms with Gasteiger partial charge < -0.3 is 16.0 Å². The molecule has 3 N–H and O–H groups in total. The van der Waals surface area contributed by atoms with Crippen LogP contribution in [0.5, 0.6) is 0 Å². The summed E-state index contributed by atoms with van der Waals surface area (Å²) in [5.74, 6) is 0.161. The Morgan fingerprint density at radius 2 is 1.90 bits per heavy atom. The van der Waals surface area contributed by atoms with Crippen LogP contribution in [-0.2, 0) is 4.79 Å². The molecule has 1 amide bonds. The molecule has 0 unspecified atom stereocenters. The van der Waals surface area contributed by atoms with Gasteiger partial charge in [-0.15, -0.1) is 0 Å². The third kappa shape index (κ3) is 3.93. The number of likely N-dealkylation sites (N-methyl/N-ethyl adjacent to an activating group) is 1. The Morgan fingerprint density at radius 1 is 1.30 bits per heavy atom. The molecule has 0 bridgehead atoms. The van der Waals surface area contributed by atoms with Gasteiger partial charge in [-0.25, -0.2) is 0 Å². The first kappa shape index (κ1) is 15.7. The number of piperidine rings is 1. The van der Waals surface area contributed by atoms with Crippen LogP contribution >= 0.6 is 0 Å². The lowest BCUT2D eigenvalue weighted by molar-refractivity contribution is -0.123. The van der Waals surface area contributed by atoms with Gasteiger partial charge in [0.05, 0.1) is 6.54 Å². The van der Waals surface area contributed by atoms with Crippen molar-refractivity contribution < 1.29 is 4.79 Å². The second-order valence-electron chi connectivity index (χ2n) is 6.72. The molecule has 1 saturated heterocycles. The number of nitrogens with zero attached hydrogens (tertiary/aromatic N) is 2. The normalized spacial score (nSPS) is 24.2. The number of carbonyl (C=O) groups is 1. The Morgan fingerprint density at radius 3 is 2.45 bits per heavy atom. The number of amides is 1. The zero-order valence-electron chi connectivity index (χ0n) is 13.0. The highest BCUT2D eigenvalue weighted by atomic mass is 16.2. The number of hydrogen-bond donors (Lipinski definition) is 2. The fourth-order valence-corrected chi connectivity index (χ4v) is 3.45. The van der Waals surface area contributed by atoms with Gasteiger partial charge in [0.25, 0.3) is 0 Å². The zero-order valence-corrected chi connectivity index (χ0v) is 13.0. The lowest BCUT2D eigenvalue weighted by Crippen LogP contribution is -2.52. The van der Waals surface area contributed by atoms with Crippen LogP contribution in [0.1, 0.15) is 38.5 Å². The summed E-state index contributed by atoms with van der Waals surface area (Å²) >= 11 is 0. The average Bonchev–Trinajstić information content (AvgIpc) is 2.89. The number of rotatable bonds is 5. The summed E-state index contributed by atoms with van der Waals surface area (Å²) in [7, 11) is 4.26. The Hall–Kier alpha value is -0.650. The minimum Gasteiger partial charge on any atom is -0.353 e. The van der Waals surface area contributed by atoms with Crippen molar-refractivity contribution in [1.29, 1.82) is 0 Å². The molecular formula is C15H30N4O. The predicted molar refractivity (Wildman–Crippen MR) is 81.5 cm³/mol. The Kier molecular flexibility index (Phi) is 5.41. The fraction of sp³-hybridized carbons (Fsp3) is 0.933. The molecule has 0 atom stereocenters. The molecule has 2 fully saturated rings. The second-order valence-corrected chi connectivity index (χ2v) is 6.72. The Bertz CT molecular complexity index is 318. The number of likely N-dealkylation sites (tertiary alicyclic amines) is 1. The second kappa shape index (κ2) is 6.87. The maximum absolute atomic E-state index is 12.1. The quantitative estimate of drug-likeness (QED) is 0.766. The van der Waals surface area contributed by atoms with E-state index in [4.69, 9.17) is 5.73 Å². The van der Waals surface area contributed by atoms with E-state index in [2.05, 4.69) is 29.2 Å². The zero-order chi connectivity index (χ0) is 14.6. The first-order valence-electron chi connectivity index (χ1n) is 7.94. The van der Waals surface area contributed by atoms with Crippen LogP contribution in [-0.4, -0.2) is 67.6 Å². The lowest BCUT2D eigenvalue weighted by atomic mass is 9.96. The number of nitrogens with two attached hydrogens (primary N) is 1. The summed E-state index contributed by atoms with van der Waals surface area (Å²) in [5, 5.41) is 3.15. The third-order valence-electron chi connectivity index (χ3n) is 5.10. The molecule has 0 aromatic carbocycles. The predicted octanol–water partition coefficient (Wildman–Crippen LogP) is 0.400. The molecule has 116 valence electrons. The van der Waals surface area contributed by atoms with Gasteiger partial charge in [0, 0.05) is 31.2 Å². The van der Waals surface area contributed by atoms with Crippen molar-refractivity contribution >= 4 is 5.91 Å². The molecule has 5 heteroatoms. The maximum Gasteiger partial charge on any atom is 0.234 e. The van der Waals surface area contributed by atoms with Crippen molar-refractivity contribution in [3.63, 3.8) is 0 Å². The van der Waals surface area contributed by atoms with Crippen molar-refractivity contribution in [3.05, 3.63) is 0 Å². The highest BCUT2D eigenvalue weighted by molar-refractivity contribution is 5.78. The minimum atomic E-state index is 0.161. The van der Waals surface area contributed by atoms with Gasteiger partial charge in [-0.2, -0.15) is 0 Å². The van der Waals surface area contributed by atoms with Crippen molar-refractivity contribution in [2.24, 2.45) is 5.73 Å². The lowest BCUT2D eigenvalue weighted by Gasteiger charge is -2.37. The monoisotopic (exact) mass is 282 g/mol. The number of carbonyl (C=O) groups excluding carboxylic acids is 1. The van der Waals surface area contributed by atoms with Gasteiger partial charge in [0.2, 0.25) is 5.91 Å². The molecule has 5 nitrogen and oxygen atoms in total. The maximum atomic E-state index is 12.1. The molecule has 1 aliphatic carbocycles. The molecule has 0 aromatic heterocycles. The van der Waals surface area contributed by atoms with E-state index >= 15 is 0 Å². The first-order chi connectivity index (χ1) is 9.52. The summed E-state index contributed by atoms with van der Waals surface area (Å²) in [6.45, 7) is 3.21. The third-order valence-corrected chi connectivity index (χ3v) is 5.10. The summed E-state index contributed by atoms with van der Waals surface area (Å²) in [4.78, 5) is 16.6. The first-order valence-corrected chi connectivity index (χ1v) is 7.94. The van der Waals surface area contributed by atoms with E-state index in [1.54, 1.807) is 0 Å². The van der Waals surface area contributed by atoms with E-state index in [0.717, 1.165) is 32.5 Å². The Labute approximate surface area is 122 Å². The average molecular weight is 282 g/mol. The van der Waals surface area contributed by atoms with Crippen LogP contribution in [0.2, 0.25) is 0 Å². The smallest absolute Gasteiger partial charge is 0.234 e. The Balaban J connectivity index is 1.74. The largest absolute Gasteiger partial charge is 0.353 e.